The molecule has 1 fully saturated rings. The summed E-state index contributed by atoms with van der Waals surface area (Å²) < 4.78 is 5.50. The Morgan fingerprint density at radius 3 is 2.56 bits per heavy atom. The van der Waals surface area contributed by atoms with Gasteiger partial charge in [0.2, 0.25) is 5.91 Å². The summed E-state index contributed by atoms with van der Waals surface area (Å²) in [6.45, 7) is 3.70. The minimum absolute atomic E-state index is 0.179. The average Bonchev–Trinajstić information content (AvgIpc) is 3.17. The summed E-state index contributed by atoms with van der Waals surface area (Å²) in [5, 5.41) is 3.35. The minimum Gasteiger partial charge on any atom is -0.496 e. The lowest BCUT2D eigenvalue weighted by Crippen LogP contribution is -2.39. The van der Waals surface area contributed by atoms with Crippen LogP contribution in [0.15, 0.2) is 48.5 Å². The van der Waals surface area contributed by atoms with Crippen LogP contribution in [0.3, 0.4) is 0 Å². The van der Waals surface area contributed by atoms with Gasteiger partial charge in [0.05, 0.1) is 7.11 Å². The van der Waals surface area contributed by atoms with E-state index in [-0.39, 0.29) is 11.9 Å². The van der Waals surface area contributed by atoms with E-state index in [1.54, 1.807) is 7.11 Å². The molecule has 1 unspecified atom stereocenters. The summed E-state index contributed by atoms with van der Waals surface area (Å²) in [6.07, 6.45) is 3.03. The molecule has 0 bridgehead atoms. The first-order chi connectivity index (χ1) is 12.2. The first kappa shape index (κ1) is 17.3. The Hall–Kier alpha value is -2.49. The molecule has 1 N–H and O–H groups in total. The number of carbonyl (C=O) groups is 1. The van der Waals surface area contributed by atoms with Crippen LogP contribution in [0.4, 0.5) is 5.69 Å². The molecule has 132 valence electrons. The van der Waals surface area contributed by atoms with Crippen LogP contribution in [-0.2, 0) is 11.2 Å². The molecule has 1 atom stereocenters. The van der Waals surface area contributed by atoms with Gasteiger partial charge >= 0.3 is 0 Å². The van der Waals surface area contributed by atoms with Crippen LogP contribution in [0.25, 0.3) is 0 Å². The van der Waals surface area contributed by atoms with Gasteiger partial charge in [0.25, 0.3) is 0 Å². The van der Waals surface area contributed by atoms with Crippen LogP contribution in [-0.4, -0.2) is 37.0 Å². The number of ether oxygens (including phenoxy) is 1. The molecule has 0 radical (unpaired) electrons. The van der Waals surface area contributed by atoms with Crippen LogP contribution in [0.1, 0.15) is 30.9 Å². The second kappa shape index (κ2) is 8.06. The molecule has 1 aliphatic rings. The molecule has 2 aromatic rings. The molecular formula is C21H26N2O2. The molecular weight excluding hydrogens is 312 g/mol. The highest BCUT2D eigenvalue weighted by Gasteiger charge is 2.23. The Morgan fingerprint density at radius 1 is 1.16 bits per heavy atom. The summed E-state index contributed by atoms with van der Waals surface area (Å²) in [5.74, 6) is 1.05. The van der Waals surface area contributed by atoms with Crippen molar-refractivity contribution in [2.75, 3.05) is 25.5 Å². The molecule has 1 aliphatic heterocycles. The monoisotopic (exact) mass is 338 g/mol. The van der Waals surface area contributed by atoms with Crippen LogP contribution in [0.2, 0.25) is 0 Å². The number of carbonyl (C=O) groups excluding carboxylic acids is 1. The fourth-order valence-electron chi connectivity index (χ4n) is 3.35. The van der Waals surface area contributed by atoms with Crippen molar-refractivity contribution in [3.8, 4) is 5.75 Å². The molecule has 1 amide bonds. The largest absolute Gasteiger partial charge is 0.496 e. The zero-order valence-electron chi connectivity index (χ0n) is 15.0. The Morgan fingerprint density at radius 2 is 1.88 bits per heavy atom. The van der Waals surface area contributed by atoms with Crippen molar-refractivity contribution < 1.29 is 9.53 Å². The van der Waals surface area contributed by atoms with E-state index in [4.69, 9.17) is 4.74 Å². The Bertz CT molecular complexity index is 709. The van der Waals surface area contributed by atoms with E-state index in [0.717, 1.165) is 49.4 Å². The van der Waals surface area contributed by atoms with Gasteiger partial charge in [0.15, 0.2) is 0 Å². The highest BCUT2D eigenvalue weighted by Crippen LogP contribution is 2.26. The van der Waals surface area contributed by atoms with Crippen molar-refractivity contribution in [2.45, 2.75) is 32.2 Å². The lowest BCUT2D eigenvalue weighted by molar-refractivity contribution is -0.130. The van der Waals surface area contributed by atoms with E-state index in [9.17, 15) is 4.79 Å². The first-order valence-corrected chi connectivity index (χ1v) is 8.93. The molecule has 0 aromatic heterocycles. The standard InChI is InChI=1S/C21H26N2O2/c1-16(21(24)23-12-6-7-13-23)22-19-10-11-20(25-2)18(15-19)14-17-8-4-3-5-9-17/h3-5,8-11,15-16,22H,6-7,12-14H2,1-2H3. The number of hydrogen-bond donors (Lipinski definition) is 1. The first-order valence-electron chi connectivity index (χ1n) is 8.93. The lowest BCUT2D eigenvalue weighted by Gasteiger charge is -2.22. The maximum Gasteiger partial charge on any atom is 0.244 e. The number of likely N-dealkylation sites (tertiary alicyclic amines) is 1. The van der Waals surface area contributed by atoms with Gasteiger partial charge in [-0.25, -0.2) is 0 Å². The van der Waals surface area contributed by atoms with Crippen LogP contribution >= 0.6 is 0 Å². The fourth-order valence-corrected chi connectivity index (χ4v) is 3.35. The third kappa shape index (κ3) is 4.32. The number of nitrogens with one attached hydrogen (secondary N) is 1. The predicted molar refractivity (Wildman–Crippen MR) is 101 cm³/mol. The van der Waals surface area contributed by atoms with Crippen molar-refractivity contribution in [1.82, 2.24) is 4.90 Å². The van der Waals surface area contributed by atoms with E-state index in [2.05, 4.69) is 23.5 Å². The predicted octanol–water partition coefficient (Wildman–Crippen LogP) is 3.71. The molecule has 2 aromatic carbocycles. The number of amides is 1. The second-order valence-electron chi connectivity index (χ2n) is 6.59. The van der Waals surface area contributed by atoms with Crippen molar-refractivity contribution in [3.05, 3.63) is 59.7 Å². The van der Waals surface area contributed by atoms with Crippen molar-refractivity contribution in [3.63, 3.8) is 0 Å². The van der Waals surface area contributed by atoms with Gasteiger partial charge in [-0.05, 0) is 43.5 Å². The number of anilines is 1. The molecule has 3 rings (SSSR count). The Balaban J connectivity index is 1.73. The number of nitrogens with zero attached hydrogens (tertiary/aromatic N) is 1. The molecule has 0 spiro atoms. The Kier molecular flexibility index (Phi) is 5.59. The van der Waals surface area contributed by atoms with Crippen LogP contribution < -0.4 is 10.1 Å². The smallest absolute Gasteiger partial charge is 0.244 e. The van der Waals surface area contributed by atoms with Gasteiger partial charge in [-0.2, -0.15) is 0 Å². The van der Waals surface area contributed by atoms with Crippen molar-refractivity contribution >= 4 is 11.6 Å². The topological polar surface area (TPSA) is 41.6 Å². The Labute approximate surface area is 149 Å². The van der Waals surface area contributed by atoms with Crippen molar-refractivity contribution in [2.24, 2.45) is 0 Å². The van der Waals surface area contributed by atoms with E-state index < -0.39 is 0 Å². The summed E-state index contributed by atoms with van der Waals surface area (Å²) in [4.78, 5) is 14.4. The van der Waals surface area contributed by atoms with Gasteiger partial charge < -0.3 is 15.0 Å². The maximum absolute atomic E-state index is 12.5. The number of hydrogen-bond acceptors (Lipinski definition) is 3. The quantitative estimate of drug-likeness (QED) is 0.873. The molecule has 1 saturated heterocycles. The van der Waals surface area contributed by atoms with Crippen molar-refractivity contribution in [1.29, 1.82) is 0 Å². The fraction of sp³-hybridized carbons (Fsp3) is 0.381. The van der Waals surface area contributed by atoms with E-state index in [0.29, 0.717) is 0 Å². The van der Waals surface area contributed by atoms with E-state index >= 15 is 0 Å². The van der Waals surface area contributed by atoms with E-state index in [1.807, 2.05) is 42.2 Å². The molecule has 0 aliphatic carbocycles. The normalized spacial score (nSPS) is 15.0. The SMILES string of the molecule is COc1ccc(NC(C)C(=O)N2CCCC2)cc1Cc1ccccc1. The number of benzene rings is 2. The molecule has 4 heteroatoms. The minimum atomic E-state index is -0.226. The second-order valence-corrected chi connectivity index (χ2v) is 6.59. The molecule has 1 heterocycles. The summed E-state index contributed by atoms with van der Waals surface area (Å²) in [6, 6.07) is 16.1. The molecule has 25 heavy (non-hydrogen) atoms. The van der Waals surface area contributed by atoms with Gasteiger partial charge in [0.1, 0.15) is 11.8 Å². The lowest BCUT2D eigenvalue weighted by atomic mass is 10.0. The van der Waals surface area contributed by atoms with E-state index in [1.165, 1.54) is 5.56 Å². The molecule has 0 saturated carbocycles. The zero-order valence-corrected chi connectivity index (χ0v) is 15.0. The average molecular weight is 338 g/mol. The van der Waals surface area contributed by atoms with Gasteiger partial charge in [-0.1, -0.05) is 30.3 Å². The van der Waals surface area contributed by atoms with Gasteiger partial charge in [-0.15, -0.1) is 0 Å². The number of rotatable bonds is 6. The van der Waals surface area contributed by atoms with Gasteiger partial charge in [-0.3, -0.25) is 4.79 Å². The van der Waals surface area contributed by atoms with Crippen LogP contribution in [0, 0.1) is 0 Å². The molecule has 4 nitrogen and oxygen atoms in total. The highest BCUT2D eigenvalue weighted by atomic mass is 16.5. The highest BCUT2D eigenvalue weighted by molar-refractivity contribution is 5.84. The van der Waals surface area contributed by atoms with Gasteiger partial charge in [0, 0.05) is 30.8 Å². The third-order valence-electron chi connectivity index (χ3n) is 4.69. The third-order valence-corrected chi connectivity index (χ3v) is 4.69. The zero-order chi connectivity index (χ0) is 17.6. The summed E-state index contributed by atoms with van der Waals surface area (Å²) in [7, 11) is 1.69. The van der Waals surface area contributed by atoms with Crippen LogP contribution in [0.5, 0.6) is 5.75 Å². The summed E-state index contributed by atoms with van der Waals surface area (Å²) in [5.41, 5.74) is 3.30. The maximum atomic E-state index is 12.5. The summed E-state index contributed by atoms with van der Waals surface area (Å²) >= 11 is 0. The number of methoxy groups -OCH3 is 1.